The second kappa shape index (κ2) is 2.90. The zero-order valence-electron chi connectivity index (χ0n) is 6.70. The lowest BCUT2D eigenvalue weighted by Gasteiger charge is -1.97. The summed E-state index contributed by atoms with van der Waals surface area (Å²) >= 11 is 0. The van der Waals surface area contributed by atoms with Gasteiger partial charge in [0.1, 0.15) is 5.82 Å². The van der Waals surface area contributed by atoms with Crippen LogP contribution < -0.4 is 0 Å². The summed E-state index contributed by atoms with van der Waals surface area (Å²) in [7, 11) is 0. The molecule has 1 fully saturated rings. The maximum absolute atomic E-state index is 8.45. The minimum atomic E-state index is 0.391. The largest absolute Gasteiger partial charge is 0.241 e. The van der Waals surface area contributed by atoms with E-state index in [1.54, 1.807) is 12.3 Å². The highest BCUT2D eigenvalue weighted by Crippen LogP contribution is 2.37. The SMILES string of the molecule is N#CCc1ccnc(C2CC2)n1. The summed E-state index contributed by atoms with van der Waals surface area (Å²) in [6.07, 6.45) is 4.54. The lowest BCUT2D eigenvalue weighted by Crippen LogP contribution is -1.95. The minimum absolute atomic E-state index is 0.391. The van der Waals surface area contributed by atoms with Crippen LogP contribution in [0.5, 0.6) is 0 Å². The summed E-state index contributed by atoms with van der Waals surface area (Å²) in [5.74, 6) is 1.49. The molecule has 1 aromatic heterocycles. The van der Waals surface area contributed by atoms with Gasteiger partial charge in [-0.15, -0.1) is 0 Å². The Bertz CT molecular complexity index is 323. The van der Waals surface area contributed by atoms with Gasteiger partial charge in [0.05, 0.1) is 18.2 Å². The third-order valence-electron chi connectivity index (χ3n) is 1.93. The maximum atomic E-state index is 8.45. The van der Waals surface area contributed by atoms with Crippen molar-refractivity contribution in [2.24, 2.45) is 0 Å². The Morgan fingerprint density at radius 2 is 2.42 bits per heavy atom. The van der Waals surface area contributed by atoms with E-state index in [1.807, 2.05) is 0 Å². The highest BCUT2D eigenvalue weighted by Gasteiger charge is 2.26. The molecule has 3 heteroatoms. The molecule has 0 bridgehead atoms. The van der Waals surface area contributed by atoms with E-state index < -0.39 is 0 Å². The lowest BCUT2D eigenvalue weighted by molar-refractivity contribution is 0.893. The summed E-state index contributed by atoms with van der Waals surface area (Å²) in [6.45, 7) is 0. The van der Waals surface area contributed by atoms with Crippen molar-refractivity contribution in [1.29, 1.82) is 5.26 Å². The van der Waals surface area contributed by atoms with Crippen LogP contribution in [-0.2, 0) is 6.42 Å². The molecule has 1 heterocycles. The molecule has 0 radical (unpaired) electrons. The van der Waals surface area contributed by atoms with Crippen molar-refractivity contribution in [3.05, 3.63) is 23.8 Å². The van der Waals surface area contributed by atoms with Crippen LogP contribution in [-0.4, -0.2) is 9.97 Å². The number of hydrogen-bond donors (Lipinski definition) is 0. The Morgan fingerprint density at radius 3 is 3.08 bits per heavy atom. The Hall–Kier alpha value is -1.43. The Balaban J connectivity index is 2.22. The Labute approximate surface area is 71.1 Å². The first-order valence-corrected chi connectivity index (χ1v) is 4.09. The zero-order valence-corrected chi connectivity index (χ0v) is 6.70. The van der Waals surface area contributed by atoms with Gasteiger partial charge in [-0.2, -0.15) is 5.26 Å². The number of nitrogens with zero attached hydrogens (tertiary/aromatic N) is 3. The van der Waals surface area contributed by atoms with Gasteiger partial charge in [-0.1, -0.05) is 0 Å². The Kier molecular flexibility index (Phi) is 1.75. The van der Waals surface area contributed by atoms with E-state index in [0.717, 1.165) is 11.5 Å². The van der Waals surface area contributed by atoms with Crippen LogP contribution in [0.15, 0.2) is 12.3 Å². The van der Waals surface area contributed by atoms with Gasteiger partial charge < -0.3 is 0 Å². The third-order valence-corrected chi connectivity index (χ3v) is 1.93. The summed E-state index contributed by atoms with van der Waals surface area (Å²) in [4.78, 5) is 8.45. The molecule has 1 aromatic rings. The summed E-state index contributed by atoms with van der Waals surface area (Å²) in [5, 5.41) is 8.45. The van der Waals surface area contributed by atoms with E-state index >= 15 is 0 Å². The molecule has 1 aliphatic carbocycles. The fourth-order valence-electron chi connectivity index (χ4n) is 1.13. The van der Waals surface area contributed by atoms with Crippen LogP contribution in [0.25, 0.3) is 0 Å². The molecule has 0 aliphatic heterocycles. The number of nitriles is 1. The molecule has 0 N–H and O–H groups in total. The molecule has 0 aromatic carbocycles. The summed E-state index contributed by atoms with van der Waals surface area (Å²) in [6, 6.07) is 3.88. The normalized spacial score (nSPS) is 15.6. The van der Waals surface area contributed by atoms with Gasteiger partial charge in [0.15, 0.2) is 0 Å². The fraction of sp³-hybridized carbons (Fsp3) is 0.444. The third kappa shape index (κ3) is 1.42. The first-order valence-electron chi connectivity index (χ1n) is 4.09. The van der Waals surface area contributed by atoms with Gasteiger partial charge >= 0.3 is 0 Å². The molecule has 0 amide bonds. The number of hydrogen-bond acceptors (Lipinski definition) is 3. The molecule has 0 unspecified atom stereocenters. The topological polar surface area (TPSA) is 49.6 Å². The van der Waals surface area contributed by atoms with Crippen molar-refractivity contribution < 1.29 is 0 Å². The molecular weight excluding hydrogens is 150 g/mol. The van der Waals surface area contributed by atoms with Gasteiger partial charge in [-0.3, -0.25) is 0 Å². The van der Waals surface area contributed by atoms with E-state index in [4.69, 9.17) is 5.26 Å². The molecule has 3 nitrogen and oxygen atoms in total. The van der Waals surface area contributed by atoms with E-state index in [9.17, 15) is 0 Å². The standard InChI is InChI=1S/C9H9N3/c10-5-3-8-4-6-11-9(12-8)7-1-2-7/h4,6-7H,1-3H2. The molecule has 1 aliphatic rings. The smallest absolute Gasteiger partial charge is 0.131 e. The van der Waals surface area contributed by atoms with E-state index in [-0.39, 0.29) is 0 Å². The van der Waals surface area contributed by atoms with Crippen molar-refractivity contribution in [2.75, 3.05) is 0 Å². The second-order valence-electron chi connectivity index (χ2n) is 3.02. The van der Waals surface area contributed by atoms with Crippen LogP contribution in [0.3, 0.4) is 0 Å². The molecule has 12 heavy (non-hydrogen) atoms. The van der Waals surface area contributed by atoms with Gasteiger partial charge in [-0.25, -0.2) is 9.97 Å². The molecule has 60 valence electrons. The van der Waals surface area contributed by atoms with Crippen molar-refractivity contribution in [2.45, 2.75) is 25.2 Å². The van der Waals surface area contributed by atoms with Crippen LogP contribution >= 0.6 is 0 Å². The summed E-state index contributed by atoms with van der Waals surface area (Å²) < 4.78 is 0. The van der Waals surface area contributed by atoms with Crippen LogP contribution in [0.1, 0.15) is 30.3 Å². The monoisotopic (exact) mass is 159 g/mol. The van der Waals surface area contributed by atoms with Crippen LogP contribution in [0.2, 0.25) is 0 Å². The van der Waals surface area contributed by atoms with Crippen molar-refractivity contribution in [1.82, 2.24) is 9.97 Å². The zero-order chi connectivity index (χ0) is 8.39. The van der Waals surface area contributed by atoms with Crippen molar-refractivity contribution >= 4 is 0 Å². The molecule has 2 rings (SSSR count). The van der Waals surface area contributed by atoms with Gasteiger partial charge in [0.2, 0.25) is 0 Å². The molecule has 0 saturated heterocycles. The maximum Gasteiger partial charge on any atom is 0.131 e. The van der Waals surface area contributed by atoms with E-state index in [1.165, 1.54) is 12.8 Å². The minimum Gasteiger partial charge on any atom is -0.241 e. The highest BCUT2D eigenvalue weighted by molar-refractivity contribution is 5.12. The fourth-order valence-corrected chi connectivity index (χ4v) is 1.13. The average molecular weight is 159 g/mol. The summed E-state index contributed by atoms with van der Waals surface area (Å²) in [5.41, 5.74) is 0.842. The molecule has 0 spiro atoms. The Morgan fingerprint density at radius 1 is 1.58 bits per heavy atom. The van der Waals surface area contributed by atoms with E-state index in [2.05, 4.69) is 16.0 Å². The highest BCUT2D eigenvalue weighted by atomic mass is 14.9. The van der Waals surface area contributed by atoms with Crippen molar-refractivity contribution in [3.8, 4) is 6.07 Å². The van der Waals surface area contributed by atoms with Crippen molar-refractivity contribution in [3.63, 3.8) is 0 Å². The van der Waals surface area contributed by atoms with Gasteiger partial charge in [0.25, 0.3) is 0 Å². The van der Waals surface area contributed by atoms with Gasteiger partial charge in [0, 0.05) is 12.1 Å². The van der Waals surface area contributed by atoms with Crippen LogP contribution in [0.4, 0.5) is 0 Å². The van der Waals surface area contributed by atoms with E-state index in [0.29, 0.717) is 12.3 Å². The lowest BCUT2D eigenvalue weighted by atomic mass is 10.3. The first kappa shape index (κ1) is 7.23. The number of rotatable bonds is 2. The van der Waals surface area contributed by atoms with Crippen LogP contribution in [0, 0.1) is 11.3 Å². The molecule has 1 saturated carbocycles. The first-order chi connectivity index (χ1) is 5.90. The van der Waals surface area contributed by atoms with Gasteiger partial charge in [-0.05, 0) is 18.9 Å². The molecular formula is C9H9N3. The number of aromatic nitrogens is 2. The second-order valence-corrected chi connectivity index (χ2v) is 3.02. The average Bonchev–Trinajstić information content (AvgIpc) is 2.88. The quantitative estimate of drug-likeness (QED) is 0.655. The molecule has 0 atom stereocenters. The predicted molar refractivity (Wildman–Crippen MR) is 43.3 cm³/mol. The predicted octanol–water partition coefficient (Wildman–Crippen LogP) is 1.42.